The van der Waals surface area contributed by atoms with E-state index >= 15 is 0 Å². The zero-order valence-electron chi connectivity index (χ0n) is 21.5. The number of para-hydroxylation sites is 2. The molecule has 182 valence electrons. The van der Waals surface area contributed by atoms with Crippen LogP contribution in [0.3, 0.4) is 0 Å². The second-order valence-electron chi connectivity index (χ2n) is 10.9. The topological polar surface area (TPSA) is 13.1 Å². The van der Waals surface area contributed by atoms with E-state index in [0.29, 0.717) is 0 Å². The highest BCUT2D eigenvalue weighted by molar-refractivity contribution is 6.09. The Hall–Kier alpha value is -4.88. The van der Waals surface area contributed by atoms with Crippen LogP contribution in [-0.2, 0) is 5.41 Å². The first kappa shape index (κ1) is 21.1. The number of benzene rings is 6. The summed E-state index contributed by atoms with van der Waals surface area (Å²) in [5, 5.41) is 2.32. The van der Waals surface area contributed by atoms with E-state index in [9.17, 15) is 0 Å². The summed E-state index contributed by atoms with van der Waals surface area (Å²) >= 11 is 0. The Kier molecular flexibility index (Phi) is 3.98. The molecule has 2 aliphatic rings. The van der Waals surface area contributed by atoms with E-state index in [2.05, 4.69) is 128 Å². The van der Waals surface area contributed by atoms with Crippen LogP contribution in [-0.4, -0.2) is 0 Å². The summed E-state index contributed by atoms with van der Waals surface area (Å²) in [6.45, 7) is 2.21. The minimum Gasteiger partial charge on any atom is -0.455 e. The Morgan fingerprint density at radius 3 is 1.85 bits per heavy atom. The predicted molar refractivity (Wildman–Crippen MR) is 160 cm³/mol. The number of hydrogen-bond donors (Lipinski definition) is 0. The van der Waals surface area contributed by atoms with Gasteiger partial charge in [0.2, 0.25) is 0 Å². The summed E-state index contributed by atoms with van der Waals surface area (Å²) in [4.78, 5) is 0. The monoisotopic (exact) mass is 496 g/mol. The van der Waals surface area contributed by atoms with E-state index in [1.54, 1.807) is 0 Å². The van der Waals surface area contributed by atoms with Gasteiger partial charge in [0.25, 0.3) is 0 Å². The van der Waals surface area contributed by atoms with Crippen molar-refractivity contribution in [1.82, 2.24) is 0 Å². The highest BCUT2D eigenvalue weighted by atomic mass is 16.3. The summed E-state index contributed by atoms with van der Waals surface area (Å²) in [6, 6.07) is 46.8. The molecule has 1 atom stereocenters. The number of fused-ring (bicyclic) bond motifs is 13. The van der Waals surface area contributed by atoms with Crippen LogP contribution in [0.2, 0.25) is 0 Å². The second-order valence-corrected chi connectivity index (χ2v) is 10.9. The van der Waals surface area contributed by atoms with Crippen molar-refractivity contribution in [1.29, 1.82) is 0 Å². The molecule has 0 bridgehead atoms. The zero-order valence-corrected chi connectivity index (χ0v) is 21.5. The van der Waals surface area contributed by atoms with Crippen molar-refractivity contribution in [2.75, 3.05) is 0 Å². The average Bonchev–Trinajstić information content (AvgIpc) is 3.60. The summed E-state index contributed by atoms with van der Waals surface area (Å²) in [5.74, 6) is 0. The quantitative estimate of drug-likeness (QED) is 0.220. The number of hydrogen-bond acceptors (Lipinski definition) is 1. The van der Waals surface area contributed by atoms with Crippen molar-refractivity contribution < 1.29 is 4.42 Å². The second kappa shape index (κ2) is 7.36. The van der Waals surface area contributed by atoms with E-state index in [0.717, 1.165) is 27.5 Å². The predicted octanol–water partition coefficient (Wildman–Crippen LogP) is 9.90. The van der Waals surface area contributed by atoms with Crippen LogP contribution in [0.25, 0.3) is 55.3 Å². The van der Waals surface area contributed by atoms with Crippen molar-refractivity contribution in [3.05, 3.63) is 155 Å². The lowest BCUT2D eigenvalue weighted by atomic mass is 9.70. The molecule has 9 rings (SSSR count). The molecule has 1 spiro atoms. The summed E-state index contributed by atoms with van der Waals surface area (Å²) in [6.07, 6.45) is 0. The highest BCUT2D eigenvalue weighted by Crippen LogP contribution is 2.63. The molecule has 1 aromatic heterocycles. The molecule has 7 aromatic rings. The van der Waals surface area contributed by atoms with Crippen molar-refractivity contribution in [2.24, 2.45) is 0 Å². The van der Waals surface area contributed by atoms with Crippen LogP contribution in [0, 0.1) is 6.92 Å². The van der Waals surface area contributed by atoms with E-state index < -0.39 is 0 Å². The van der Waals surface area contributed by atoms with Gasteiger partial charge in [-0.3, -0.25) is 0 Å². The van der Waals surface area contributed by atoms with Crippen molar-refractivity contribution in [3.63, 3.8) is 0 Å². The molecule has 0 amide bonds. The molecule has 0 saturated carbocycles. The maximum absolute atomic E-state index is 6.46. The van der Waals surface area contributed by atoms with Gasteiger partial charge in [-0.25, -0.2) is 0 Å². The Balaban J connectivity index is 1.40. The molecule has 0 fully saturated rings. The zero-order chi connectivity index (χ0) is 25.7. The van der Waals surface area contributed by atoms with Crippen LogP contribution in [0.15, 0.2) is 132 Å². The van der Waals surface area contributed by atoms with Gasteiger partial charge in [0.05, 0.1) is 5.41 Å². The molecule has 0 N–H and O–H groups in total. The first-order valence-electron chi connectivity index (χ1n) is 13.6. The first-order chi connectivity index (χ1) is 19.2. The average molecular weight is 497 g/mol. The largest absolute Gasteiger partial charge is 0.455 e. The Bertz CT molecular complexity index is 2130. The fourth-order valence-corrected chi connectivity index (χ4v) is 7.40. The van der Waals surface area contributed by atoms with Crippen molar-refractivity contribution in [2.45, 2.75) is 12.3 Å². The van der Waals surface area contributed by atoms with Crippen LogP contribution < -0.4 is 0 Å². The van der Waals surface area contributed by atoms with Crippen LogP contribution in [0.5, 0.6) is 0 Å². The van der Waals surface area contributed by atoms with Gasteiger partial charge in [-0.15, -0.1) is 0 Å². The van der Waals surface area contributed by atoms with E-state index in [4.69, 9.17) is 4.42 Å². The fourth-order valence-electron chi connectivity index (χ4n) is 7.40. The molecule has 1 nitrogen and oxygen atoms in total. The summed E-state index contributed by atoms with van der Waals surface area (Å²) in [5.41, 5.74) is 15.9. The van der Waals surface area contributed by atoms with Crippen molar-refractivity contribution in [3.8, 4) is 33.4 Å². The van der Waals surface area contributed by atoms with Gasteiger partial charge in [-0.1, -0.05) is 121 Å². The van der Waals surface area contributed by atoms with Gasteiger partial charge >= 0.3 is 0 Å². The SMILES string of the molecule is Cc1ccc2c(c1)C1(c3ccccc3-2)c2ccccc2-c2ccc(-c3cccc4c3oc3ccccc34)cc21. The number of furan rings is 1. The van der Waals surface area contributed by atoms with Gasteiger partial charge in [0, 0.05) is 16.3 Å². The van der Waals surface area contributed by atoms with Gasteiger partial charge in [0.1, 0.15) is 11.2 Å². The molecular weight excluding hydrogens is 472 g/mol. The maximum Gasteiger partial charge on any atom is 0.143 e. The van der Waals surface area contributed by atoms with Crippen LogP contribution in [0.1, 0.15) is 27.8 Å². The van der Waals surface area contributed by atoms with Gasteiger partial charge < -0.3 is 4.42 Å². The number of rotatable bonds is 1. The van der Waals surface area contributed by atoms with Crippen LogP contribution >= 0.6 is 0 Å². The standard InChI is InChI=1S/C38H24O/c1-23-17-19-28-26-9-2-5-14-32(26)38(34(28)21-23)33-15-6-3-10-27(33)29-20-18-24(22-35(29)38)25-12-8-13-31-30-11-4-7-16-36(30)39-37(25)31/h2-22H,1H3. The molecule has 1 heteroatoms. The van der Waals surface area contributed by atoms with E-state index in [1.807, 2.05) is 6.07 Å². The minimum absolute atomic E-state index is 0.346. The van der Waals surface area contributed by atoms with Crippen molar-refractivity contribution >= 4 is 21.9 Å². The Morgan fingerprint density at radius 2 is 1.05 bits per heavy atom. The maximum atomic E-state index is 6.46. The lowest BCUT2D eigenvalue weighted by Crippen LogP contribution is -2.26. The molecule has 0 radical (unpaired) electrons. The molecule has 1 unspecified atom stereocenters. The molecule has 6 aromatic carbocycles. The third-order valence-electron chi connectivity index (χ3n) is 8.96. The van der Waals surface area contributed by atoms with Gasteiger partial charge in [-0.2, -0.15) is 0 Å². The molecule has 1 heterocycles. The Labute approximate surface area is 227 Å². The van der Waals surface area contributed by atoms with Gasteiger partial charge in [0.15, 0.2) is 0 Å². The summed E-state index contributed by atoms with van der Waals surface area (Å²) in [7, 11) is 0. The number of aryl methyl sites for hydroxylation is 1. The molecule has 0 aliphatic heterocycles. The minimum atomic E-state index is -0.346. The third-order valence-corrected chi connectivity index (χ3v) is 8.96. The Morgan fingerprint density at radius 1 is 0.462 bits per heavy atom. The summed E-state index contributed by atoms with van der Waals surface area (Å²) < 4.78 is 6.46. The van der Waals surface area contributed by atoms with Gasteiger partial charge in [-0.05, 0) is 69.1 Å². The lowest BCUT2D eigenvalue weighted by molar-refractivity contribution is 0.670. The normalized spacial score (nSPS) is 16.4. The fraction of sp³-hybridized carbons (Fsp3) is 0.0526. The molecule has 0 saturated heterocycles. The smallest absolute Gasteiger partial charge is 0.143 e. The van der Waals surface area contributed by atoms with Crippen LogP contribution in [0.4, 0.5) is 0 Å². The molecular formula is C38H24O. The highest BCUT2D eigenvalue weighted by Gasteiger charge is 2.51. The lowest BCUT2D eigenvalue weighted by Gasteiger charge is -2.31. The third kappa shape index (κ3) is 2.55. The van der Waals surface area contributed by atoms with E-state index in [-0.39, 0.29) is 5.41 Å². The first-order valence-corrected chi connectivity index (χ1v) is 13.6. The molecule has 39 heavy (non-hydrogen) atoms. The van der Waals surface area contributed by atoms with E-state index in [1.165, 1.54) is 55.6 Å². The molecule has 2 aliphatic carbocycles.